The minimum atomic E-state index is -0.605. The van der Waals surface area contributed by atoms with E-state index in [0.29, 0.717) is 10.6 Å². The first-order valence-corrected chi connectivity index (χ1v) is 5.11. The molecule has 0 heterocycles. The number of esters is 1. The van der Waals surface area contributed by atoms with Gasteiger partial charge in [0.1, 0.15) is 0 Å². The second kappa shape index (κ2) is 6.00. The van der Waals surface area contributed by atoms with Crippen LogP contribution in [0.5, 0.6) is 0 Å². The maximum absolute atomic E-state index is 10.7. The molecule has 5 nitrogen and oxygen atoms in total. The second-order valence-electron chi connectivity index (χ2n) is 3.19. The average molecular weight is 256 g/mol. The van der Waals surface area contributed by atoms with Gasteiger partial charge >= 0.3 is 5.97 Å². The van der Waals surface area contributed by atoms with Crippen molar-refractivity contribution in [3.63, 3.8) is 0 Å². The summed E-state index contributed by atoms with van der Waals surface area (Å²) in [6.07, 6.45) is 1.28. The van der Waals surface area contributed by atoms with Crippen molar-refractivity contribution in [1.29, 1.82) is 0 Å². The molecule has 0 amide bonds. The normalized spacial score (nSPS) is 11.1. The third-order valence-corrected chi connectivity index (χ3v) is 2.23. The Labute approximate surface area is 103 Å². The van der Waals surface area contributed by atoms with Crippen LogP contribution in [0.4, 0.5) is 0 Å². The van der Waals surface area contributed by atoms with Crippen LogP contribution in [0.15, 0.2) is 30.0 Å². The highest BCUT2D eigenvalue weighted by atomic mass is 35.5. The quantitative estimate of drug-likeness (QED) is 0.471. The molecule has 0 aliphatic heterocycles. The first kappa shape index (κ1) is 13.2. The summed E-state index contributed by atoms with van der Waals surface area (Å²) in [4.78, 5) is 20.7. The van der Waals surface area contributed by atoms with Gasteiger partial charge in [-0.05, 0) is 11.6 Å². The van der Waals surface area contributed by atoms with Crippen LogP contribution in [0.2, 0.25) is 5.02 Å². The molecule has 0 aliphatic carbocycles. The van der Waals surface area contributed by atoms with Gasteiger partial charge in [0.25, 0.3) is 5.70 Å². The van der Waals surface area contributed by atoms with E-state index in [-0.39, 0.29) is 12.3 Å². The molecule has 0 radical (unpaired) electrons. The van der Waals surface area contributed by atoms with Gasteiger partial charge in [0, 0.05) is 18.0 Å². The third-order valence-electron chi connectivity index (χ3n) is 1.89. The molecule has 0 atom stereocenters. The molecular weight excluding hydrogens is 246 g/mol. The van der Waals surface area contributed by atoms with Gasteiger partial charge in [-0.3, -0.25) is 14.9 Å². The van der Waals surface area contributed by atoms with E-state index in [4.69, 9.17) is 11.6 Å². The Balaban J connectivity index is 2.94. The largest absolute Gasteiger partial charge is 0.454 e. The van der Waals surface area contributed by atoms with Crippen LogP contribution in [0, 0.1) is 10.1 Å². The molecule has 1 aromatic rings. The van der Waals surface area contributed by atoms with Crippen LogP contribution in [0.3, 0.4) is 0 Å². The Bertz CT molecular complexity index is 470. The van der Waals surface area contributed by atoms with Crippen LogP contribution >= 0.6 is 11.6 Å². The molecule has 6 heteroatoms. The van der Waals surface area contributed by atoms with Gasteiger partial charge < -0.3 is 4.74 Å². The molecule has 0 spiro atoms. The average Bonchev–Trinajstić information content (AvgIpc) is 2.25. The van der Waals surface area contributed by atoms with Crippen molar-refractivity contribution in [1.82, 2.24) is 0 Å². The Hall–Kier alpha value is -1.88. The summed E-state index contributed by atoms with van der Waals surface area (Å²) in [6, 6.07) is 6.69. The molecule has 0 aromatic heterocycles. The second-order valence-corrected chi connectivity index (χ2v) is 3.60. The van der Waals surface area contributed by atoms with Crippen LogP contribution in [0.1, 0.15) is 12.5 Å². The van der Waals surface area contributed by atoms with Crippen LogP contribution in [-0.4, -0.2) is 17.5 Å². The number of benzene rings is 1. The minimum Gasteiger partial charge on any atom is -0.454 e. The van der Waals surface area contributed by atoms with Gasteiger partial charge in [0.2, 0.25) is 0 Å². The van der Waals surface area contributed by atoms with Crippen molar-refractivity contribution < 1.29 is 14.5 Å². The Morgan fingerprint density at radius 3 is 2.71 bits per heavy atom. The Kier molecular flexibility index (Phi) is 4.66. The maximum Gasteiger partial charge on any atom is 0.303 e. The van der Waals surface area contributed by atoms with E-state index in [1.54, 1.807) is 24.3 Å². The fourth-order valence-corrected chi connectivity index (χ4v) is 1.28. The summed E-state index contributed by atoms with van der Waals surface area (Å²) in [6.45, 7) is 0.806. The number of rotatable bonds is 4. The Morgan fingerprint density at radius 2 is 2.18 bits per heavy atom. The Morgan fingerprint density at radius 1 is 1.53 bits per heavy atom. The predicted molar refractivity (Wildman–Crippen MR) is 63.1 cm³/mol. The molecular formula is C11H10ClNO4. The predicted octanol–water partition coefficient (Wildman–Crippen LogP) is 2.52. The summed E-state index contributed by atoms with van der Waals surface area (Å²) in [5.74, 6) is -0.572. The summed E-state index contributed by atoms with van der Waals surface area (Å²) < 4.78 is 4.59. The maximum atomic E-state index is 10.7. The van der Waals surface area contributed by atoms with Crippen LogP contribution in [0.25, 0.3) is 6.08 Å². The van der Waals surface area contributed by atoms with E-state index in [1.807, 2.05) is 0 Å². The molecule has 0 saturated heterocycles. The summed E-state index contributed by atoms with van der Waals surface area (Å²) in [7, 11) is 0. The number of nitro groups is 1. The highest BCUT2D eigenvalue weighted by Gasteiger charge is 2.13. The summed E-state index contributed by atoms with van der Waals surface area (Å²) >= 11 is 5.86. The zero-order valence-corrected chi connectivity index (χ0v) is 9.81. The van der Waals surface area contributed by atoms with Crippen molar-refractivity contribution in [3.05, 3.63) is 50.7 Å². The lowest BCUT2D eigenvalue weighted by atomic mass is 10.2. The van der Waals surface area contributed by atoms with Crippen molar-refractivity contribution in [3.8, 4) is 0 Å². The number of hydrogen-bond donors (Lipinski definition) is 0. The smallest absolute Gasteiger partial charge is 0.303 e. The lowest BCUT2D eigenvalue weighted by Gasteiger charge is -2.01. The number of carbonyl (C=O) groups is 1. The van der Waals surface area contributed by atoms with Crippen molar-refractivity contribution in [2.75, 3.05) is 6.61 Å². The molecule has 1 rings (SSSR count). The highest BCUT2D eigenvalue weighted by Crippen LogP contribution is 2.18. The third kappa shape index (κ3) is 4.24. The van der Waals surface area contributed by atoms with Gasteiger partial charge in [-0.15, -0.1) is 0 Å². The van der Waals surface area contributed by atoms with E-state index in [0.717, 1.165) is 0 Å². The minimum absolute atomic E-state index is 0.228. The summed E-state index contributed by atoms with van der Waals surface area (Å²) in [5.41, 5.74) is 0.279. The molecule has 0 aliphatic rings. The summed E-state index contributed by atoms with van der Waals surface area (Å²) in [5, 5.41) is 11.1. The van der Waals surface area contributed by atoms with Gasteiger partial charge in [-0.2, -0.15) is 0 Å². The topological polar surface area (TPSA) is 69.4 Å². The number of hydrogen-bond acceptors (Lipinski definition) is 4. The van der Waals surface area contributed by atoms with E-state index >= 15 is 0 Å². The lowest BCUT2D eigenvalue weighted by Crippen LogP contribution is -2.09. The highest BCUT2D eigenvalue weighted by molar-refractivity contribution is 6.32. The number of nitrogens with zero attached hydrogens (tertiary/aromatic N) is 1. The van der Waals surface area contributed by atoms with E-state index < -0.39 is 10.9 Å². The molecule has 0 unspecified atom stereocenters. The number of halogens is 1. The van der Waals surface area contributed by atoms with Crippen LogP contribution < -0.4 is 0 Å². The molecule has 0 bridgehead atoms. The van der Waals surface area contributed by atoms with Crippen molar-refractivity contribution >= 4 is 23.6 Å². The van der Waals surface area contributed by atoms with Crippen molar-refractivity contribution in [2.24, 2.45) is 0 Å². The monoisotopic (exact) mass is 255 g/mol. The van der Waals surface area contributed by atoms with Gasteiger partial charge in [-0.25, -0.2) is 0 Å². The zero-order valence-electron chi connectivity index (χ0n) is 9.05. The first-order valence-electron chi connectivity index (χ1n) is 4.73. The standard InChI is InChI=1S/C11H10ClNO4/c1-8(14)17-7-10(13(15)16)6-9-4-2-3-5-11(9)12/h2-6H,7H2,1H3. The molecule has 0 fully saturated rings. The molecule has 0 saturated carbocycles. The fourth-order valence-electron chi connectivity index (χ4n) is 1.09. The van der Waals surface area contributed by atoms with E-state index in [1.165, 1.54) is 13.0 Å². The molecule has 0 N–H and O–H groups in total. The SMILES string of the molecule is CC(=O)OCC(=Cc1ccccc1Cl)[N+](=O)[O-]. The zero-order chi connectivity index (χ0) is 12.8. The molecule has 17 heavy (non-hydrogen) atoms. The molecule has 1 aromatic carbocycles. The fraction of sp³-hybridized carbons (Fsp3) is 0.182. The molecule has 90 valence electrons. The lowest BCUT2D eigenvalue weighted by molar-refractivity contribution is -0.428. The van der Waals surface area contributed by atoms with E-state index in [9.17, 15) is 14.9 Å². The number of ether oxygens (including phenoxy) is 1. The van der Waals surface area contributed by atoms with Crippen LogP contribution in [-0.2, 0) is 9.53 Å². The van der Waals surface area contributed by atoms with Gasteiger partial charge in [0.05, 0.1) is 4.92 Å². The van der Waals surface area contributed by atoms with Crippen molar-refractivity contribution in [2.45, 2.75) is 6.92 Å². The first-order chi connectivity index (χ1) is 8.00. The van der Waals surface area contributed by atoms with Gasteiger partial charge in [-0.1, -0.05) is 29.8 Å². The van der Waals surface area contributed by atoms with Gasteiger partial charge in [0.15, 0.2) is 6.61 Å². The number of carbonyl (C=O) groups excluding carboxylic acids is 1. The van der Waals surface area contributed by atoms with E-state index in [2.05, 4.69) is 4.74 Å².